The van der Waals surface area contributed by atoms with Crippen LogP contribution >= 0.6 is 0 Å². The number of rotatable bonds is 5. The van der Waals surface area contributed by atoms with E-state index in [2.05, 4.69) is 5.16 Å². The van der Waals surface area contributed by atoms with E-state index in [0.717, 1.165) is 5.75 Å². The zero-order valence-corrected chi connectivity index (χ0v) is 14.6. The maximum absolute atomic E-state index is 12.7. The van der Waals surface area contributed by atoms with Crippen molar-refractivity contribution in [2.45, 2.75) is 25.6 Å². The summed E-state index contributed by atoms with van der Waals surface area (Å²) in [7, 11) is 1.47. The lowest BCUT2D eigenvalue weighted by Gasteiger charge is -2.42. The maximum Gasteiger partial charge on any atom is 0.292 e. The molecule has 0 spiro atoms. The molecule has 7 nitrogen and oxygen atoms in total. The first-order valence-corrected chi connectivity index (χ1v) is 8.12. The minimum Gasteiger partial charge on any atom is -0.491 e. The third-order valence-electron chi connectivity index (χ3n) is 3.86. The molecule has 1 saturated heterocycles. The number of methoxy groups -OCH3 is 1. The van der Waals surface area contributed by atoms with Crippen molar-refractivity contribution in [2.24, 2.45) is 0 Å². The van der Waals surface area contributed by atoms with Gasteiger partial charge in [0, 0.05) is 6.54 Å². The lowest BCUT2D eigenvalue weighted by atomic mass is 10.0. The van der Waals surface area contributed by atoms with Crippen molar-refractivity contribution in [3.63, 3.8) is 0 Å². The smallest absolute Gasteiger partial charge is 0.292 e. The summed E-state index contributed by atoms with van der Waals surface area (Å²) < 4.78 is 21.9. The van der Waals surface area contributed by atoms with Crippen LogP contribution in [0.25, 0.3) is 0 Å². The fraction of sp³-hybridized carbons (Fsp3) is 0.444. The van der Waals surface area contributed by atoms with Gasteiger partial charge in [-0.3, -0.25) is 4.79 Å². The Labute approximate surface area is 146 Å². The number of morpholine rings is 1. The monoisotopic (exact) mass is 346 g/mol. The van der Waals surface area contributed by atoms with Crippen LogP contribution in [0, 0.1) is 0 Å². The molecule has 1 amide bonds. The average Bonchev–Trinajstić information content (AvgIpc) is 3.08. The van der Waals surface area contributed by atoms with Crippen molar-refractivity contribution in [1.82, 2.24) is 10.1 Å². The standard InChI is InChI=1S/C18H22N2O5/c1-18(2)12-20(17(21)15-9-16(22-3)19-25-15)10-14(24-18)11-23-13-7-5-4-6-8-13/h4-9,14H,10-12H2,1-3H3. The summed E-state index contributed by atoms with van der Waals surface area (Å²) in [5.41, 5.74) is -0.483. The van der Waals surface area contributed by atoms with Crippen LogP contribution in [0.3, 0.4) is 0 Å². The largest absolute Gasteiger partial charge is 0.491 e. The molecule has 1 aliphatic heterocycles. The Morgan fingerprint density at radius 1 is 1.36 bits per heavy atom. The van der Waals surface area contributed by atoms with Gasteiger partial charge in [-0.1, -0.05) is 18.2 Å². The summed E-state index contributed by atoms with van der Waals surface area (Å²) in [6, 6.07) is 11.0. The summed E-state index contributed by atoms with van der Waals surface area (Å²) in [6.07, 6.45) is -0.238. The number of carbonyl (C=O) groups is 1. The SMILES string of the molecule is COc1cc(C(=O)N2CC(COc3ccccc3)OC(C)(C)C2)on1. The summed E-state index contributed by atoms with van der Waals surface area (Å²) in [5.74, 6) is 0.960. The van der Waals surface area contributed by atoms with Gasteiger partial charge >= 0.3 is 0 Å². The first kappa shape index (κ1) is 17.3. The molecule has 0 aliphatic carbocycles. The van der Waals surface area contributed by atoms with Gasteiger partial charge in [-0.05, 0) is 31.1 Å². The highest BCUT2D eigenvalue weighted by Gasteiger charge is 2.37. The van der Waals surface area contributed by atoms with E-state index in [0.29, 0.717) is 19.7 Å². The molecule has 2 aromatic rings. The van der Waals surface area contributed by atoms with Crippen LogP contribution in [-0.4, -0.2) is 54.5 Å². The van der Waals surface area contributed by atoms with Gasteiger partial charge in [0.15, 0.2) is 0 Å². The summed E-state index contributed by atoms with van der Waals surface area (Å²) in [6.45, 7) is 5.12. The Bertz CT molecular complexity index is 713. The van der Waals surface area contributed by atoms with Gasteiger partial charge in [0.25, 0.3) is 11.8 Å². The molecular weight excluding hydrogens is 324 g/mol. The normalized spacial score (nSPS) is 19.5. The summed E-state index contributed by atoms with van der Waals surface area (Å²) in [5, 5.41) is 3.68. The van der Waals surface area contributed by atoms with Crippen molar-refractivity contribution in [3.05, 3.63) is 42.2 Å². The van der Waals surface area contributed by atoms with E-state index in [1.807, 2.05) is 44.2 Å². The van der Waals surface area contributed by atoms with E-state index in [1.54, 1.807) is 4.90 Å². The Morgan fingerprint density at radius 3 is 2.80 bits per heavy atom. The molecule has 1 atom stereocenters. The van der Waals surface area contributed by atoms with Crippen molar-refractivity contribution < 1.29 is 23.5 Å². The van der Waals surface area contributed by atoms with Gasteiger partial charge in [-0.2, -0.15) is 0 Å². The average molecular weight is 346 g/mol. The number of hydrogen-bond acceptors (Lipinski definition) is 6. The number of amides is 1. The molecule has 1 unspecified atom stereocenters. The van der Waals surface area contributed by atoms with E-state index >= 15 is 0 Å². The maximum atomic E-state index is 12.7. The number of carbonyl (C=O) groups excluding carboxylic acids is 1. The Hall–Kier alpha value is -2.54. The molecule has 0 radical (unpaired) electrons. The molecule has 134 valence electrons. The second-order valence-corrected chi connectivity index (χ2v) is 6.54. The Morgan fingerprint density at radius 2 is 2.12 bits per heavy atom. The van der Waals surface area contributed by atoms with E-state index in [4.69, 9.17) is 18.7 Å². The van der Waals surface area contributed by atoms with Gasteiger partial charge in [-0.15, -0.1) is 0 Å². The lowest BCUT2D eigenvalue weighted by Crippen LogP contribution is -2.56. The molecule has 1 fully saturated rings. The van der Waals surface area contributed by atoms with Gasteiger partial charge < -0.3 is 23.6 Å². The van der Waals surface area contributed by atoms with E-state index < -0.39 is 5.60 Å². The van der Waals surface area contributed by atoms with Crippen molar-refractivity contribution in [3.8, 4) is 11.6 Å². The number of hydrogen-bond donors (Lipinski definition) is 0. The number of ether oxygens (including phenoxy) is 3. The first-order valence-electron chi connectivity index (χ1n) is 8.12. The third-order valence-corrected chi connectivity index (χ3v) is 3.86. The molecule has 1 aromatic heterocycles. The van der Waals surface area contributed by atoms with E-state index in [1.165, 1.54) is 13.2 Å². The molecular formula is C18H22N2O5. The predicted molar refractivity (Wildman–Crippen MR) is 89.8 cm³/mol. The highest BCUT2D eigenvalue weighted by Crippen LogP contribution is 2.24. The van der Waals surface area contributed by atoms with E-state index in [9.17, 15) is 4.79 Å². The minimum atomic E-state index is -0.483. The van der Waals surface area contributed by atoms with Crippen LogP contribution in [0.5, 0.6) is 11.6 Å². The summed E-state index contributed by atoms with van der Waals surface area (Å²) >= 11 is 0. The molecule has 0 bridgehead atoms. The van der Waals surface area contributed by atoms with Gasteiger partial charge in [-0.25, -0.2) is 0 Å². The predicted octanol–water partition coefficient (Wildman–Crippen LogP) is 2.38. The van der Waals surface area contributed by atoms with Crippen molar-refractivity contribution in [2.75, 3.05) is 26.8 Å². The zero-order chi connectivity index (χ0) is 17.9. The molecule has 1 aliphatic rings. The van der Waals surface area contributed by atoms with Crippen LogP contribution in [-0.2, 0) is 4.74 Å². The van der Waals surface area contributed by atoms with Crippen LogP contribution in [0.1, 0.15) is 24.4 Å². The second kappa shape index (κ2) is 7.14. The number of nitrogens with zero attached hydrogens (tertiary/aromatic N) is 2. The van der Waals surface area contributed by atoms with Gasteiger partial charge in [0.05, 0.1) is 25.3 Å². The number of benzene rings is 1. The molecule has 7 heteroatoms. The van der Waals surface area contributed by atoms with Crippen LogP contribution in [0.15, 0.2) is 40.9 Å². The fourth-order valence-corrected chi connectivity index (χ4v) is 2.85. The zero-order valence-electron chi connectivity index (χ0n) is 14.6. The Balaban J connectivity index is 1.66. The van der Waals surface area contributed by atoms with E-state index in [-0.39, 0.29) is 23.7 Å². The van der Waals surface area contributed by atoms with Gasteiger partial charge in [0.2, 0.25) is 5.76 Å². The second-order valence-electron chi connectivity index (χ2n) is 6.54. The van der Waals surface area contributed by atoms with Crippen LogP contribution in [0.2, 0.25) is 0 Å². The molecule has 3 rings (SSSR count). The summed E-state index contributed by atoms with van der Waals surface area (Å²) in [4.78, 5) is 14.4. The molecule has 25 heavy (non-hydrogen) atoms. The van der Waals surface area contributed by atoms with Crippen LogP contribution < -0.4 is 9.47 Å². The number of aromatic nitrogens is 1. The quantitative estimate of drug-likeness (QED) is 0.827. The fourth-order valence-electron chi connectivity index (χ4n) is 2.85. The first-order chi connectivity index (χ1) is 12.0. The van der Waals surface area contributed by atoms with Crippen molar-refractivity contribution >= 4 is 5.91 Å². The lowest BCUT2D eigenvalue weighted by molar-refractivity contribution is -0.137. The highest BCUT2D eigenvalue weighted by molar-refractivity contribution is 5.91. The number of para-hydroxylation sites is 1. The van der Waals surface area contributed by atoms with Crippen molar-refractivity contribution in [1.29, 1.82) is 0 Å². The topological polar surface area (TPSA) is 74.0 Å². The molecule has 0 saturated carbocycles. The minimum absolute atomic E-state index is 0.150. The van der Waals surface area contributed by atoms with Gasteiger partial charge in [0.1, 0.15) is 18.5 Å². The Kier molecular flexibility index (Phi) is 4.94. The highest BCUT2D eigenvalue weighted by atomic mass is 16.6. The molecule has 1 aromatic carbocycles. The third kappa shape index (κ3) is 4.30. The molecule has 2 heterocycles. The van der Waals surface area contributed by atoms with Crippen LogP contribution in [0.4, 0.5) is 0 Å². The molecule has 0 N–H and O–H groups in total.